The Hall–Kier alpha value is -1.76. The smallest absolute Gasteiger partial charge is 0.0371 e. The van der Waals surface area contributed by atoms with Gasteiger partial charge in [0.15, 0.2) is 0 Å². The van der Waals surface area contributed by atoms with E-state index in [1.54, 1.807) is 0 Å². The highest BCUT2D eigenvalue weighted by molar-refractivity contribution is 5.48. The van der Waals surface area contributed by atoms with Crippen molar-refractivity contribution in [3.05, 3.63) is 67.3 Å². The van der Waals surface area contributed by atoms with E-state index < -0.39 is 0 Å². The zero-order chi connectivity index (χ0) is 15.0. The van der Waals surface area contributed by atoms with Gasteiger partial charge in [-0.3, -0.25) is 0 Å². The van der Waals surface area contributed by atoms with Crippen LogP contribution in [0.2, 0.25) is 0 Å². The second kappa shape index (κ2) is 8.42. The zero-order valence-electron chi connectivity index (χ0n) is 12.9. The molecule has 0 saturated heterocycles. The summed E-state index contributed by atoms with van der Waals surface area (Å²) < 4.78 is 0. The molecule has 1 rings (SSSR count). The Morgan fingerprint density at radius 2 is 1.85 bits per heavy atom. The Morgan fingerprint density at radius 3 is 2.35 bits per heavy atom. The second-order valence-electron chi connectivity index (χ2n) is 5.40. The first-order valence-electron chi connectivity index (χ1n) is 7.32. The van der Waals surface area contributed by atoms with Crippen molar-refractivity contribution in [3.63, 3.8) is 0 Å². The van der Waals surface area contributed by atoms with E-state index in [0.717, 1.165) is 25.8 Å². The van der Waals surface area contributed by atoms with Gasteiger partial charge in [0.2, 0.25) is 0 Å². The average molecular weight is 269 g/mol. The van der Waals surface area contributed by atoms with Crippen LogP contribution in [0.15, 0.2) is 67.3 Å². The zero-order valence-corrected chi connectivity index (χ0v) is 12.9. The molecule has 0 aromatic heterocycles. The van der Waals surface area contributed by atoms with Crippen molar-refractivity contribution in [2.45, 2.75) is 39.2 Å². The van der Waals surface area contributed by atoms with Crippen LogP contribution in [0.25, 0.3) is 0 Å². The monoisotopic (exact) mass is 269 g/mol. The fourth-order valence-electron chi connectivity index (χ4n) is 2.40. The molecular weight excluding hydrogens is 242 g/mol. The summed E-state index contributed by atoms with van der Waals surface area (Å²) in [5.74, 6) is 0. The molecule has 1 heteroatoms. The third-order valence-corrected chi connectivity index (χ3v) is 3.46. The van der Waals surface area contributed by atoms with Gasteiger partial charge < -0.3 is 4.90 Å². The number of benzene rings is 1. The number of rotatable bonds is 9. The van der Waals surface area contributed by atoms with Crippen molar-refractivity contribution in [1.29, 1.82) is 0 Å². The van der Waals surface area contributed by atoms with Crippen molar-refractivity contribution < 1.29 is 0 Å². The maximum absolute atomic E-state index is 4.17. The molecule has 0 radical (unpaired) electrons. The molecule has 0 N–H and O–H groups in total. The molecule has 0 saturated carbocycles. The van der Waals surface area contributed by atoms with Gasteiger partial charge in [-0.15, -0.1) is 13.2 Å². The van der Waals surface area contributed by atoms with E-state index in [1.165, 1.54) is 16.8 Å². The summed E-state index contributed by atoms with van der Waals surface area (Å²) in [6, 6.07) is 10.9. The molecule has 0 heterocycles. The predicted molar refractivity (Wildman–Crippen MR) is 91.3 cm³/mol. The highest BCUT2D eigenvalue weighted by Crippen LogP contribution is 2.25. The Bertz CT molecular complexity index is 444. The van der Waals surface area contributed by atoms with Gasteiger partial charge in [-0.1, -0.05) is 48.9 Å². The lowest BCUT2D eigenvalue weighted by Gasteiger charge is -2.34. The van der Waals surface area contributed by atoms with Crippen LogP contribution in [0.1, 0.15) is 33.1 Å². The van der Waals surface area contributed by atoms with Crippen LogP contribution in [0.3, 0.4) is 0 Å². The summed E-state index contributed by atoms with van der Waals surface area (Å²) in [7, 11) is 0. The van der Waals surface area contributed by atoms with E-state index >= 15 is 0 Å². The van der Waals surface area contributed by atoms with Gasteiger partial charge in [0.1, 0.15) is 0 Å². The molecule has 0 bridgehead atoms. The molecule has 20 heavy (non-hydrogen) atoms. The van der Waals surface area contributed by atoms with E-state index in [-0.39, 0.29) is 0 Å². The Kier molecular flexibility index (Phi) is 6.86. The van der Waals surface area contributed by atoms with Gasteiger partial charge in [0.05, 0.1) is 0 Å². The summed E-state index contributed by atoms with van der Waals surface area (Å²) in [6.45, 7) is 17.3. The molecule has 0 fully saturated rings. The van der Waals surface area contributed by atoms with Gasteiger partial charge in [-0.25, -0.2) is 0 Å². The largest absolute Gasteiger partial charge is 0.364 e. The number of hydrogen-bond donors (Lipinski definition) is 0. The van der Waals surface area contributed by atoms with Crippen molar-refractivity contribution >= 4 is 5.69 Å². The molecule has 0 spiro atoms. The standard InChI is InChI=1S/C19H27N/c1-6-13-20(18-11-9-8-10-12-18)19(14-16(3)4)15-17(5)7-2/h6,8-12,19H,1,3,5,7,13-15H2,2,4H3. The second-order valence-corrected chi connectivity index (χ2v) is 5.40. The number of hydrogen-bond acceptors (Lipinski definition) is 1. The molecule has 1 nitrogen and oxygen atoms in total. The van der Waals surface area contributed by atoms with Crippen molar-refractivity contribution in [1.82, 2.24) is 0 Å². The molecule has 0 aliphatic rings. The van der Waals surface area contributed by atoms with E-state index in [0.29, 0.717) is 6.04 Å². The minimum atomic E-state index is 0.403. The highest BCUT2D eigenvalue weighted by Gasteiger charge is 2.18. The van der Waals surface area contributed by atoms with E-state index in [2.05, 4.69) is 62.7 Å². The predicted octanol–water partition coefficient (Wildman–Crippen LogP) is 5.37. The SMILES string of the molecule is C=CCN(c1ccccc1)C(CC(=C)C)CC(=C)CC. The van der Waals surface area contributed by atoms with Crippen LogP contribution >= 0.6 is 0 Å². The lowest BCUT2D eigenvalue weighted by molar-refractivity contribution is 0.593. The molecule has 108 valence electrons. The summed E-state index contributed by atoms with van der Waals surface area (Å²) in [4.78, 5) is 2.41. The van der Waals surface area contributed by atoms with E-state index in [9.17, 15) is 0 Å². The van der Waals surface area contributed by atoms with Crippen molar-refractivity contribution in [2.75, 3.05) is 11.4 Å². The van der Waals surface area contributed by atoms with Gasteiger partial charge in [-0.05, 0) is 38.3 Å². The van der Waals surface area contributed by atoms with Crippen LogP contribution in [-0.4, -0.2) is 12.6 Å². The third-order valence-electron chi connectivity index (χ3n) is 3.46. The normalized spacial score (nSPS) is 11.7. The molecule has 0 aliphatic carbocycles. The number of anilines is 1. The number of para-hydroxylation sites is 1. The topological polar surface area (TPSA) is 3.24 Å². The Balaban J connectivity index is 3.00. The van der Waals surface area contributed by atoms with Gasteiger partial charge in [-0.2, -0.15) is 0 Å². The van der Waals surface area contributed by atoms with E-state index in [1.807, 2.05) is 12.1 Å². The summed E-state index contributed by atoms with van der Waals surface area (Å²) in [5.41, 5.74) is 3.74. The lowest BCUT2D eigenvalue weighted by Crippen LogP contribution is -2.36. The average Bonchev–Trinajstić information content (AvgIpc) is 2.44. The highest BCUT2D eigenvalue weighted by atomic mass is 15.2. The van der Waals surface area contributed by atoms with Gasteiger partial charge >= 0.3 is 0 Å². The van der Waals surface area contributed by atoms with Crippen LogP contribution in [0.4, 0.5) is 5.69 Å². The Morgan fingerprint density at radius 1 is 1.20 bits per heavy atom. The molecule has 1 aromatic rings. The maximum Gasteiger partial charge on any atom is 0.0371 e. The van der Waals surface area contributed by atoms with E-state index in [4.69, 9.17) is 0 Å². The first kappa shape index (κ1) is 16.3. The molecule has 0 amide bonds. The van der Waals surface area contributed by atoms with Crippen LogP contribution in [0.5, 0.6) is 0 Å². The quantitative estimate of drug-likeness (QED) is 0.545. The summed E-state index contributed by atoms with van der Waals surface area (Å²) in [6.07, 6.45) is 4.99. The first-order valence-corrected chi connectivity index (χ1v) is 7.32. The van der Waals surface area contributed by atoms with Gasteiger partial charge in [0, 0.05) is 18.3 Å². The minimum Gasteiger partial charge on any atom is -0.364 e. The fourth-order valence-corrected chi connectivity index (χ4v) is 2.40. The summed E-state index contributed by atoms with van der Waals surface area (Å²) >= 11 is 0. The van der Waals surface area contributed by atoms with Crippen LogP contribution in [0, 0.1) is 0 Å². The third kappa shape index (κ3) is 5.08. The first-order chi connectivity index (χ1) is 9.58. The maximum atomic E-state index is 4.17. The molecular formula is C19H27N. The number of nitrogens with zero attached hydrogens (tertiary/aromatic N) is 1. The molecule has 1 unspecified atom stereocenters. The molecule has 1 atom stereocenters. The lowest BCUT2D eigenvalue weighted by atomic mass is 9.97. The molecule has 0 aliphatic heterocycles. The summed E-state index contributed by atoms with van der Waals surface area (Å²) in [5, 5.41) is 0. The molecule has 1 aromatic carbocycles. The van der Waals surface area contributed by atoms with Crippen molar-refractivity contribution in [2.24, 2.45) is 0 Å². The van der Waals surface area contributed by atoms with Crippen molar-refractivity contribution in [3.8, 4) is 0 Å². The Labute approximate surface area is 124 Å². The van der Waals surface area contributed by atoms with Crippen LogP contribution < -0.4 is 4.90 Å². The van der Waals surface area contributed by atoms with Gasteiger partial charge in [0.25, 0.3) is 0 Å². The van der Waals surface area contributed by atoms with Crippen LogP contribution in [-0.2, 0) is 0 Å². The minimum absolute atomic E-state index is 0.403. The fraction of sp³-hybridized carbons (Fsp3) is 0.368.